The minimum atomic E-state index is -0.502. The number of aromatic nitrogens is 1. The standard InChI is InChI=1S/C26H31N3O2/c1-18(2)30-14-12-26(3,4)31-25-24(17-27)23(11-13-28-25)21-8-7-20-16-22(29(5)6)10-9-19(20)15-21/h7-11,13,15-16,18H,12,14H2,1-6H3. The molecule has 3 aromatic rings. The fraction of sp³-hybridized carbons (Fsp3) is 0.385. The predicted octanol–water partition coefficient (Wildman–Crippen LogP) is 5.81. The number of anilines is 1. The number of ether oxygens (including phenoxy) is 2. The van der Waals surface area contributed by atoms with Gasteiger partial charge in [0.15, 0.2) is 0 Å². The van der Waals surface area contributed by atoms with Crippen LogP contribution in [-0.2, 0) is 4.74 Å². The summed E-state index contributed by atoms with van der Waals surface area (Å²) in [5.74, 6) is 0.359. The lowest BCUT2D eigenvalue weighted by molar-refractivity contribution is 0.0210. The van der Waals surface area contributed by atoms with Gasteiger partial charge in [0.2, 0.25) is 5.88 Å². The number of hydrogen-bond donors (Lipinski definition) is 0. The molecule has 5 heteroatoms. The van der Waals surface area contributed by atoms with Crippen LogP contribution in [0.15, 0.2) is 48.7 Å². The highest BCUT2D eigenvalue weighted by atomic mass is 16.5. The van der Waals surface area contributed by atoms with Gasteiger partial charge in [-0.15, -0.1) is 0 Å². The Morgan fingerprint density at radius 1 is 1.06 bits per heavy atom. The molecule has 0 aliphatic carbocycles. The molecule has 0 radical (unpaired) electrons. The van der Waals surface area contributed by atoms with E-state index in [9.17, 15) is 5.26 Å². The number of rotatable bonds is 8. The van der Waals surface area contributed by atoms with Gasteiger partial charge in [-0.3, -0.25) is 0 Å². The van der Waals surface area contributed by atoms with Gasteiger partial charge < -0.3 is 14.4 Å². The first-order valence-electron chi connectivity index (χ1n) is 10.6. The topological polar surface area (TPSA) is 58.4 Å². The van der Waals surface area contributed by atoms with E-state index in [0.717, 1.165) is 27.6 Å². The van der Waals surface area contributed by atoms with Gasteiger partial charge in [-0.1, -0.05) is 18.2 Å². The van der Waals surface area contributed by atoms with Crippen molar-refractivity contribution in [1.82, 2.24) is 4.98 Å². The molecule has 0 saturated heterocycles. The predicted molar refractivity (Wildman–Crippen MR) is 127 cm³/mol. The lowest BCUT2D eigenvalue weighted by Crippen LogP contribution is -2.31. The van der Waals surface area contributed by atoms with Crippen molar-refractivity contribution in [2.45, 2.75) is 45.8 Å². The van der Waals surface area contributed by atoms with Crippen molar-refractivity contribution < 1.29 is 9.47 Å². The molecule has 1 aromatic heterocycles. The monoisotopic (exact) mass is 417 g/mol. The van der Waals surface area contributed by atoms with Crippen molar-refractivity contribution >= 4 is 16.5 Å². The molecule has 0 saturated carbocycles. The molecule has 0 bridgehead atoms. The van der Waals surface area contributed by atoms with Gasteiger partial charge in [0.05, 0.1) is 12.7 Å². The third kappa shape index (κ3) is 5.53. The molecule has 162 valence electrons. The summed E-state index contributed by atoms with van der Waals surface area (Å²) in [6, 6.07) is 16.8. The molecular weight excluding hydrogens is 386 g/mol. The maximum absolute atomic E-state index is 9.92. The number of nitriles is 1. The quantitative estimate of drug-likeness (QED) is 0.463. The van der Waals surface area contributed by atoms with E-state index in [2.05, 4.69) is 46.3 Å². The second-order valence-corrected chi connectivity index (χ2v) is 8.82. The SMILES string of the molecule is CC(C)OCCC(C)(C)Oc1nccc(-c2ccc3cc(N(C)C)ccc3c2)c1C#N. The van der Waals surface area contributed by atoms with Gasteiger partial charge in [-0.05, 0) is 68.3 Å². The number of benzene rings is 2. The molecule has 0 N–H and O–H groups in total. The Labute approximate surface area is 185 Å². The average molecular weight is 418 g/mol. The van der Waals surface area contributed by atoms with E-state index < -0.39 is 5.60 Å². The Hall–Kier alpha value is -3.10. The summed E-state index contributed by atoms with van der Waals surface area (Å²) in [7, 11) is 4.06. The minimum absolute atomic E-state index is 0.175. The van der Waals surface area contributed by atoms with Crippen molar-refractivity contribution in [2.75, 3.05) is 25.6 Å². The molecule has 0 atom stereocenters. The number of pyridine rings is 1. The molecule has 31 heavy (non-hydrogen) atoms. The highest BCUT2D eigenvalue weighted by molar-refractivity contribution is 5.90. The fourth-order valence-electron chi connectivity index (χ4n) is 3.40. The summed E-state index contributed by atoms with van der Waals surface area (Å²) in [4.78, 5) is 6.45. The summed E-state index contributed by atoms with van der Waals surface area (Å²) >= 11 is 0. The van der Waals surface area contributed by atoms with E-state index in [0.29, 0.717) is 24.5 Å². The maximum atomic E-state index is 9.92. The smallest absolute Gasteiger partial charge is 0.232 e. The van der Waals surface area contributed by atoms with Gasteiger partial charge in [-0.25, -0.2) is 4.98 Å². The fourth-order valence-corrected chi connectivity index (χ4v) is 3.40. The van der Waals surface area contributed by atoms with Crippen LogP contribution in [-0.4, -0.2) is 37.4 Å². The van der Waals surface area contributed by atoms with E-state index in [1.807, 2.05) is 53.9 Å². The van der Waals surface area contributed by atoms with Crippen LogP contribution in [0.25, 0.3) is 21.9 Å². The van der Waals surface area contributed by atoms with E-state index in [4.69, 9.17) is 9.47 Å². The third-order valence-corrected chi connectivity index (χ3v) is 5.21. The van der Waals surface area contributed by atoms with E-state index >= 15 is 0 Å². The Kier molecular flexibility index (Phi) is 6.82. The van der Waals surface area contributed by atoms with Crippen LogP contribution in [0.2, 0.25) is 0 Å². The maximum Gasteiger partial charge on any atom is 0.232 e. The van der Waals surface area contributed by atoms with Gasteiger partial charge in [0.1, 0.15) is 17.2 Å². The van der Waals surface area contributed by atoms with Crippen LogP contribution in [0.1, 0.15) is 39.7 Å². The molecule has 1 heterocycles. The molecule has 0 fully saturated rings. The number of nitrogens with zero attached hydrogens (tertiary/aromatic N) is 3. The highest BCUT2D eigenvalue weighted by Gasteiger charge is 2.24. The first kappa shape index (κ1) is 22.6. The lowest BCUT2D eigenvalue weighted by atomic mass is 9.98. The Balaban J connectivity index is 1.92. The summed E-state index contributed by atoms with van der Waals surface area (Å²) in [5, 5.41) is 12.2. The van der Waals surface area contributed by atoms with Gasteiger partial charge in [0, 0.05) is 38.0 Å². The van der Waals surface area contributed by atoms with Crippen LogP contribution < -0.4 is 9.64 Å². The van der Waals surface area contributed by atoms with Gasteiger partial charge in [-0.2, -0.15) is 5.26 Å². The summed E-state index contributed by atoms with van der Waals surface area (Å²) in [5.41, 5.74) is 2.89. The number of fused-ring (bicyclic) bond motifs is 1. The van der Waals surface area contributed by atoms with E-state index in [-0.39, 0.29) is 6.10 Å². The van der Waals surface area contributed by atoms with Crippen molar-refractivity contribution in [3.63, 3.8) is 0 Å². The molecule has 0 amide bonds. The molecule has 0 aliphatic heterocycles. The molecule has 0 aliphatic rings. The molecule has 0 unspecified atom stereocenters. The van der Waals surface area contributed by atoms with E-state index in [1.54, 1.807) is 6.20 Å². The van der Waals surface area contributed by atoms with Crippen LogP contribution >= 0.6 is 0 Å². The minimum Gasteiger partial charge on any atom is -0.471 e. The Bertz CT molecular complexity index is 1100. The van der Waals surface area contributed by atoms with Crippen molar-refractivity contribution in [3.8, 4) is 23.1 Å². The first-order chi connectivity index (χ1) is 14.7. The van der Waals surface area contributed by atoms with Gasteiger partial charge in [0.25, 0.3) is 0 Å². The van der Waals surface area contributed by atoms with Crippen molar-refractivity contribution in [2.24, 2.45) is 0 Å². The van der Waals surface area contributed by atoms with Crippen LogP contribution in [0, 0.1) is 11.3 Å². The normalized spacial score (nSPS) is 11.5. The molecule has 5 nitrogen and oxygen atoms in total. The molecule has 3 rings (SSSR count). The molecule has 2 aromatic carbocycles. The molecular formula is C26H31N3O2. The zero-order chi connectivity index (χ0) is 22.6. The Morgan fingerprint density at radius 3 is 2.45 bits per heavy atom. The zero-order valence-corrected chi connectivity index (χ0v) is 19.3. The van der Waals surface area contributed by atoms with Crippen molar-refractivity contribution in [3.05, 3.63) is 54.2 Å². The average Bonchev–Trinajstić information content (AvgIpc) is 2.72. The summed E-state index contributed by atoms with van der Waals surface area (Å²) < 4.78 is 11.8. The largest absolute Gasteiger partial charge is 0.471 e. The Morgan fingerprint density at radius 2 is 1.77 bits per heavy atom. The van der Waals surface area contributed by atoms with Crippen molar-refractivity contribution in [1.29, 1.82) is 5.26 Å². The second-order valence-electron chi connectivity index (χ2n) is 8.82. The summed E-state index contributed by atoms with van der Waals surface area (Å²) in [6.07, 6.45) is 2.58. The van der Waals surface area contributed by atoms with Crippen LogP contribution in [0.5, 0.6) is 5.88 Å². The second kappa shape index (κ2) is 9.36. The number of hydrogen-bond acceptors (Lipinski definition) is 5. The zero-order valence-electron chi connectivity index (χ0n) is 19.3. The summed E-state index contributed by atoms with van der Waals surface area (Å²) in [6.45, 7) is 8.59. The van der Waals surface area contributed by atoms with Gasteiger partial charge >= 0.3 is 0 Å². The van der Waals surface area contributed by atoms with Crippen LogP contribution in [0.4, 0.5) is 5.69 Å². The first-order valence-corrected chi connectivity index (χ1v) is 10.6. The lowest BCUT2D eigenvalue weighted by Gasteiger charge is -2.27. The van der Waals surface area contributed by atoms with E-state index in [1.165, 1.54) is 0 Å². The van der Waals surface area contributed by atoms with Crippen LogP contribution in [0.3, 0.4) is 0 Å². The third-order valence-electron chi connectivity index (χ3n) is 5.21. The molecule has 0 spiro atoms. The highest BCUT2D eigenvalue weighted by Crippen LogP contribution is 2.33.